The van der Waals surface area contributed by atoms with Crippen molar-refractivity contribution in [3.05, 3.63) is 53.1 Å². The molecular weight excluding hydrogens is 288 g/mol. The number of aryl methyl sites for hydroxylation is 1. The van der Waals surface area contributed by atoms with E-state index in [0.29, 0.717) is 6.42 Å². The first-order valence-corrected chi connectivity index (χ1v) is 7.75. The van der Waals surface area contributed by atoms with Crippen LogP contribution in [0.5, 0.6) is 5.75 Å². The summed E-state index contributed by atoms with van der Waals surface area (Å²) < 4.78 is 5.27. The first-order chi connectivity index (χ1) is 11.0. The smallest absolute Gasteiger partial charge is 0.225 e. The second-order valence-corrected chi connectivity index (χ2v) is 6.19. The number of fused-ring (bicyclic) bond motifs is 1. The summed E-state index contributed by atoms with van der Waals surface area (Å²) in [5, 5.41) is 2.96. The maximum atomic E-state index is 12.1. The minimum absolute atomic E-state index is 0.0480. The number of amides is 1. The maximum Gasteiger partial charge on any atom is 0.225 e. The van der Waals surface area contributed by atoms with Gasteiger partial charge in [0.15, 0.2) is 0 Å². The summed E-state index contributed by atoms with van der Waals surface area (Å²) in [6.07, 6.45) is 0.474. The Morgan fingerprint density at radius 2 is 1.87 bits per heavy atom. The van der Waals surface area contributed by atoms with E-state index in [9.17, 15) is 4.79 Å². The molecule has 120 valence electrons. The number of anilines is 2. The SMILES string of the molecule is COc1ccc2c(c1)NC(=O)CC2c1ccc(N(C)C)cc1C. The van der Waals surface area contributed by atoms with Crippen LogP contribution < -0.4 is 15.0 Å². The molecule has 2 aromatic carbocycles. The summed E-state index contributed by atoms with van der Waals surface area (Å²) in [5.41, 5.74) is 5.57. The highest BCUT2D eigenvalue weighted by molar-refractivity contribution is 5.95. The van der Waals surface area contributed by atoms with Gasteiger partial charge in [-0.1, -0.05) is 12.1 Å². The molecule has 1 heterocycles. The van der Waals surface area contributed by atoms with Crippen molar-refractivity contribution in [1.82, 2.24) is 0 Å². The lowest BCUT2D eigenvalue weighted by atomic mass is 9.82. The minimum atomic E-state index is 0.0480. The summed E-state index contributed by atoms with van der Waals surface area (Å²) in [7, 11) is 5.70. The summed E-state index contributed by atoms with van der Waals surface area (Å²) in [4.78, 5) is 14.2. The molecule has 4 heteroatoms. The zero-order valence-corrected chi connectivity index (χ0v) is 14.0. The lowest BCUT2D eigenvalue weighted by Gasteiger charge is -2.28. The van der Waals surface area contributed by atoms with Crippen LogP contribution in [0.25, 0.3) is 0 Å². The zero-order valence-electron chi connectivity index (χ0n) is 14.0. The number of benzene rings is 2. The van der Waals surface area contributed by atoms with Crippen LogP contribution in [0.15, 0.2) is 36.4 Å². The Kier molecular flexibility index (Phi) is 3.99. The number of ether oxygens (including phenoxy) is 1. The fraction of sp³-hybridized carbons (Fsp3) is 0.316. The third-order valence-corrected chi connectivity index (χ3v) is 4.44. The Labute approximate surface area is 137 Å². The number of nitrogens with one attached hydrogen (secondary N) is 1. The molecule has 1 atom stereocenters. The molecule has 1 aliphatic rings. The molecule has 1 unspecified atom stereocenters. The van der Waals surface area contributed by atoms with Gasteiger partial charge in [0, 0.05) is 43.9 Å². The van der Waals surface area contributed by atoms with Crippen molar-refractivity contribution >= 4 is 17.3 Å². The van der Waals surface area contributed by atoms with Gasteiger partial charge in [-0.3, -0.25) is 4.79 Å². The molecule has 0 fully saturated rings. The highest BCUT2D eigenvalue weighted by atomic mass is 16.5. The van der Waals surface area contributed by atoms with Crippen LogP contribution in [-0.4, -0.2) is 27.1 Å². The van der Waals surface area contributed by atoms with E-state index in [0.717, 1.165) is 17.0 Å². The summed E-state index contributed by atoms with van der Waals surface area (Å²) >= 11 is 0. The topological polar surface area (TPSA) is 41.6 Å². The van der Waals surface area contributed by atoms with Crippen LogP contribution in [0, 0.1) is 6.92 Å². The summed E-state index contributed by atoms with van der Waals surface area (Å²) in [6, 6.07) is 12.3. The molecule has 23 heavy (non-hydrogen) atoms. The van der Waals surface area contributed by atoms with Gasteiger partial charge in [0.25, 0.3) is 0 Å². The number of methoxy groups -OCH3 is 1. The largest absolute Gasteiger partial charge is 0.497 e. The molecule has 1 aliphatic heterocycles. The van der Waals surface area contributed by atoms with Crippen LogP contribution in [0.1, 0.15) is 29.0 Å². The van der Waals surface area contributed by atoms with Gasteiger partial charge in [-0.2, -0.15) is 0 Å². The normalized spacial score (nSPS) is 16.5. The first-order valence-electron chi connectivity index (χ1n) is 7.75. The Balaban J connectivity index is 2.06. The van der Waals surface area contributed by atoms with Gasteiger partial charge >= 0.3 is 0 Å². The second-order valence-electron chi connectivity index (χ2n) is 6.19. The van der Waals surface area contributed by atoms with E-state index in [1.807, 2.05) is 26.2 Å². The lowest BCUT2D eigenvalue weighted by molar-refractivity contribution is -0.116. The third kappa shape index (κ3) is 2.89. The molecule has 4 nitrogen and oxygen atoms in total. The molecule has 0 saturated carbocycles. The van der Waals surface area contributed by atoms with Crippen molar-refractivity contribution in [2.24, 2.45) is 0 Å². The molecule has 1 N–H and O–H groups in total. The average Bonchev–Trinajstić information content (AvgIpc) is 2.53. The standard InChI is InChI=1S/C19H22N2O2/c1-12-9-13(21(2)3)5-7-15(12)17-11-19(22)20-18-10-14(23-4)6-8-16(17)18/h5-10,17H,11H2,1-4H3,(H,20,22). The van der Waals surface area contributed by atoms with Gasteiger partial charge in [-0.05, 0) is 41.8 Å². The third-order valence-electron chi connectivity index (χ3n) is 4.44. The molecule has 0 saturated heterocycles. The Bertz CT molecular complexity index is 753. The van der Waals surface area contributed by atoms with E-state index >= 15 is 0 Å². The molecule has 3 rings (SSSR count). The molecular formula is C19H22N2O2. The first kappa shape index (κ1) is 15.4. The van der Waals surface area contributed by atoms with Crippen LogP contribution in [0.2, 0.25) is 0 Å². The predicted molar refractivity (Wildman–Crippen MR) is 93.6 cm³/mol. The second kappa shape index (κ2) is 5.95. The molecule has 0 spiro atoms. The fourth-order valence-electron chi connectivity index (χ4n) is 3.18. The van der Waals surface area contributed by atoms with E-state index in [1.54, 1.807) is 7.11 Å². The minimum Gasteiger partial charge on any atom is -0.497 e. The van der Waals surface area contributed by atoms with E-state index < -0.39 is 0 Å². The molecule has 0 aliphatic carbocycles. The lowest BCUT2D eigenvalue weighted by Crippen LogP contribution is -2.24. The van der Waals surface area contributed by atoms with E-state index in [2.05, 4.69) is 41.4 Å². The monoisotopic (exact) mass is 310 g/mol. The van der Waals surface area contributed by atoms with Crippen LogP contribution in [0.3, 0.4) is 0 Å². The number of rotatable bonds is 3. The van der Waals surface area contributed by atoms with E-state index in [1.165, 1.54) is 16.8 Å². The van der Waals surface area contributed by atoms with Crippen LogP contribution in [0.4, 0.5) is 11.4 Å². The highest BCUT2D eigenvalue weighted by Gasteiger charge is 2.27. The molecule has 0 radical (unpaired) electrons. The number of hydrogen-bond donors (Lipinski definition) is 1. The van der Waals surface area contributed by atoms with Crippen LogP contribution >= 0.6 is 0 Å². The Hall–Kier alpha value is -2.49. The number of nitrogens with zero attached hydrogens (tertiary/aromatic N) is 1. The van der Waals surface area contributed by atoms with Crippen molar-refractivity contribution in [3.8, 4) is 5.75 Å². The number of carbonyl (C=O) groups is 1. The van der Waals surface area contributed by atoms with Crippen LogP contribution in [-0.2, 0) is 4.79 Å². The Morgan fingerprint density at radius 1 is 1.13 bits per heavy atom. The van der Waals surface area contributed by atoms with Gasteiger partial charge in [0.1, 0.15) is 5.75 Å². The van der Waals surface area contributed by atoms with Crippen molar-refractivity contribution in [3.63, 3.8) is 0 Å². The molecule has 1 amide bonds. The van der Waals surface area contributed by atoms with Gasteiger partial charge in [0.2, 0.25) is 5.91 Å². The zero-order chi connectivity index (χ0) is 16.6. The van der Waals surface area contributed by atoms with Gasteiger partial charge < -0.3 is 15.0 Å². The summed E-state index contributed by atoms with van der Waals surface area (Å²) in [6.45, 7) is 2.11. The maximum absolute atomic E-state index is 12.1. The quantitative estimate of drug-likeness (QED) is 0.942. The summed E-state index contributed by atoms with van der Waals surface area (Å²) in [5.74, 6) is 0.886. The van der Waals surface area contributed by atoms with E-state index in [4.69, 9.17) is 4.74 Å². The number of carbonyl (C=O) groups excluding carboxylic acids is 1. The fourth-order valence-corrected chi connectivity index (χ4v) is 3.18. The molecule has 2 aromatic rings. The van der Waals surface area contributed by atoms with Crippen molar-refractivity contribution < 1.29 is 9.53 Å². The highest BCUT2D eigenvalue weighted by Crippen LogP contribution is 2.40. The van der Waals surface area contributed by atoms with Gasteiger partial charge in [-0.15, -0.1) is 0 Å². The number of hydrogen-bond acceptors (Lipinski definition) is 3. The van der Waals surface area contributed by atoms with Crippen molar-refractivity contribution in [1.29, 1.82) is 0 Å². The van der Waals surface area contributed by atoms with Gasteiger partial charge in [0.05, 0.1) is 7.11 Å². The Morgan fingerprint density at radius 3 is 2.52 bits per heavy atom. The predicted octanol–water partition coefficient (Wildman–Crippen LogP) is 3.54. The average molecular weight is 310 g/mol. The van der Waals surface area contributed by atoms with Gasteiger partial charge in [-0.25, -0.2) is 0 Å². The van der Waals surface area contributed by atoms with Crippen molar-refractivity contribution in [2.75, 3.05) is 31.4 Å². The van der Waals surface area contributed by atoms with E-state index in [-0.39, 0.29) is 11.8 Å². The van der Waals surface area contributed by atoms with Crippen molar-refractivity contribution in [2.45, 2.75) is 19.3 Å². The molecule has 0 bridgehead atoms. The molecule has 0 aromatic heterocycles.